The second kappa shape index (κ2) is 8.81. The van der Waals surface area contributed by atoms with Crippen LogP contribution in [0.3, 0.4) is 0 Å². The van der Waals surface area contributed by atoms with E-state index < -0.39 is 41.8 Å². The minimum atomic E-state index is -1.13. The molecule has 25 heavy (non-hydrogen) atoms. The summed E-state index contributed by atoms with van der Waals surface area (Å²) in [6, 6.07) is 2.09. The molecule has 140 valence electrons. The Kier molecular flexibility index (Phi) is 7.37. The fraction of sp³-hybridized carbons (Fsp3) is 0.765. The first-order valence-electron chi connectivity index (χ1n) is 8.13. The van der Waals surface area contributed by atoms with E-state index in [0.717, 1.165) is 0 Å². The Morgan fingerprint density at radius 1 is 1.24 bits per heavy atom. The maximum absolute atomic E-state index is 11.3. The molecule has 0 aromatic heterocycles. The van der Waals surface area contributed by atoms with Crippen LogP contribution < -0.4 is 0 Å². The molecule has 8 heteroatoms. The standard InChI is InChI=1S/C17H25NO7/c1-10-15(6-14(23-12(3)20)8-22-11(2)19)25-17(5,9-18)7-16(10)24-13(4)21/h10,14-16H,6-8H2,1-5H3. The van der Waals surface area contributed by atoms with Crippen LogP contribution in [0.2, 0.25) is 0 Å². The molecule has 0 aromatic carbocycles. The zero-order valence-electron chi connectivity index (χ0n) is 15.2. The van der Waals surface area contributed by atoms with Crippen molar-refractivity contribution in [3.63, 3.8) is 0 Å². The Morgan fingerprint density at radius 2 is 1.88 bits per heavy atom. The fourth-order valence-corrected chi connectivity index (χ4v) is 2.85. The fourth-order valence-electron chi connectivity index (χ4n) is 2.85. The van der Waals surface area contributed by atoms with Crippen molar-refractivity contribution in [1.29, 1.82) is 5.26 Å². The molecule has 5 atom stereocenters. The van der Waals surface area contributed by atoms with Gasteiger partial charge < -0.3 is 18.9 Å². The largest absolute Gasteiger partial charge is 0.462 e. The van der Waals surface area contributed by atoms with Crippen LogP contribution in [-0.2, 0) is 33.3 Å². The summed E-state index contributed by atoms with van der Waals surface area (Å²) in [6.45, 7) is 7.18. The average molecular weight is 355 g/mol. The van der Waals surface area contributed by atoms with Gasteiger partial charge in [0.25, 0.3) is 0 Å². The molecule has 0 radical (unpaired) electrons. The van der Waals surface area contributed by atoms with E-state index in [0.29, 0.717) is 0 Å². The van der Waals surface area contributed by atoms with Gasteiger partial charge in [-0.05, 0) is 6.92 Å². The number of carbonyl (C=O) groups excluding carboxylic acids is 3. The van der Waals surface area contributed by atoms with Gasteiger partial charge in [0.1, 0.15) is 18.8 Å². The third-order valence-electron chi connectivity index (χ3n) is 4.03. The van der Waals surface area contributed by atoms with Gasteiger partial charge >= 0.3 is 17.9 Å². The van der Waals surface area contributed by atoms with Crippen LogP contribution >= 0.6 is 0 Å². The van der Waals surface area contributed by atoms with Gasteiger partial charge in [-0.2, -0.15) is 5.26 Å². The summed E-state index contributed by atoms with van der Waals surface area (Å²) in [5, 5.41) is 9.39. The molecule has 0 amide bonds. The second-order valence-electron chi connectivity index (χ2n) is 6.48. The number of hydrogen-bond acceptors (Lipinski definition) is 8. The van der Waals surface area contributed by atoms with Gasteiger partial charge in [0.05, 0.1) is 12.2 Å². The van der Waals surface area contributed by atoms with E-state index >= 15 is 0 Å². The van der Waals surface area contributed by atoms with Gasteiger partial charge in [-0.3, -0.25) is 14.4 Å². The SMILES string of the molecule is CC(=O)OCC(CC1OC(C)(C#N)CC(OC(C)=O)C1C)OC(C)=O. The molecule has 1 aliphatic heterocycles. The predicted octanol–water partition coefficient (Wildman–Crippen LogP) is 1.51. The van der Waals surface area contributed by atoms with Crippen LogP contribution in [0.25, 0.3) is 0 Å². The van der Waals surface area contributed by atoms with Crippen LogP contribution in [0.4, 0.5) is 0 Å². The van der Waals surface area contributed by atoms with Crippen molar-refractivity contribution in [1.82, 2.24) is 0 Å². The van der Waals surface area contributed by atoms with Crippen LogP contribution in [0.1, 0.15) is 47.5 Å². The minimum Gasteiger partial charge on any atom is -0.462 e. The molecule has 0 saturated carbocycles. The van der Waals surface area contributed by atoms with Crippen molar-refractivity contribution in [3.8, 4) is 6.07 Å². The maximum atomic E-state index is 11.3. The molecule has 0 spiro atoms. The third-order valence-corrected chi connectivity index (χ3v) is 4.03. The molecular weight excluding hydrogens is 330 g/mol. The van der Waals surface area contributed by atoms with Gasteiger partial charge in [0.2, 0.25) is 0 Å². The van der Waals surface area contributed by atoms with Gasteiger partial charge in [-0.25, -0.2) is 0 Å². The lowest BCUT2D eigenvalue weighted by molar-refractivity contribution is -0.192. The van der Waals surface area contributed by atoms with Crippen molar-refractivity contribution >= 4 is 17.9 Å². The van der Waals surface area contributed by atoms with Crippen molar-refractivity contribution in [2.24, 2.45) is 5.92 Å². The Morgan fingerprint density at radius 3 is 2.36 bits per heavy atom. The summed E-state index contributed by atoms with van der Waals surface area (Å²) in [5.74, 6) is -1.66. The van der Waals surface area contributed by atoms with E-state index in [2.05, 4.69) is 6.07 Å². The summed E-state index contributed by atoms with van der Waals surface area (Å²) < 4.78 is 21.3. The Bertz CT molecular complexity index is 556. The predicted molar refractivity (Wildman–Crippen MR) is 85.0 cm³/mol. The zero-order chi connectivity index (χ0) is 19.2. The number of nitrogens with zero attached hydrogens (tertiary/aromatic N) is 1. The summed E-state index contributed by atoms with van der Waals surface area (Å²) in [7, 11) is 0. The smallest absolute Gasteiger partial charge is 0.303 e. The van der Waals surface area contributed by atoms with Crippen molar-refractivity contribution < 1.29 is 33.3 Å². The number of carbonyl (C=O) groups is 3. The highest BCUT2D eigenvalue weighted by atomic mass is 16.6. The highest BCUT2D eigenvalue weighted by Gasteiger charge is 2.45. The van der Waals surface area contributed by atoms with Crippen molar-refractivity contribution in [3.05, 3.63) is 0 Å². The first-order valence-corrected chi connectivity index (χ1v) is 8.13. The zero-order valence-corrected chi connectivity index (χ0v) is 15.2. The van der Waals surface area contributed by atoms with Gasteiger partial charge in [-0.1, -0.05) is 6.92 Å². The molecule has 0 aromatic rings. The average Bonchev–Trinajstić information content (AvgIpc) is 2.48. The lowest BCUT2D eigenvalue weighted by Gasteiger charge is -2.43. The Balaban J connectivity index is 2.92. The molecule has 1 fully saturated rings. The molecule has 0 N–H and O–H groups in total. The van der Waals surface area contributed by atoms with Crippen LogP contribution in [-0.4, -0.2) is 48.4 Å². The number of ether oxygens (including phenoxy) is 4. The summed E-state index contributed by atoms with van der Waals surface area (Å²) >= 11 is 0. The van der Waals surface area contributed by atoms with E-state index in [1.807, 2.05) is 6.92 Å². The summed E-state index contributed by atoms with van der Waals surface area (Å²) in [5.41, 5.74) is -1.13. The molecule has 0 aliphatic carbocycles. The van der Waals surface area contributed by atoms with E-state index in [1.54, 1.807) is 6.92 Å². The first kappa shape index (κ1) is 20.9. The molecule has 0 bridgehead atoms. The topological polar surface area (TPSA) is 112 Å². The minimum absolute atomic E-state index is 0.108. The molecule has 1 saturated heterocycles. The van der Waals surface area contributed by atoms with Crippen molar-refractivity contribution in [2.75, 3.05) is 6.61 Å². The number of rotatable bonds is 6. The number of hydrogen-bond donors (Lipinski definition) is 0. The molecule has 1 rings (SSSR count). The molecule has 8 nitrogen and oxygen atoms in total. The van der Waals surface area contributed by atoms with E-state index in [1.165, 1.54) is 20.8 Å². The third kappa shape index (κ3) is 6.70. The Labute approximate surface area is 147 Å². The lowest BCUT2D eigenvalue weighted by atomic mass is 9.83. The first-order chi connectivity index (χ1) is 11.6. The quantitative estimate of drug-likeness (QED) is 0.520. The monoisotopic (exact) mass is 355 g/mol. The van der Waals surface area contributed by atoms with Crippen LogP contribution in [0.5, 0.6) is 0 Å². The molecule has 1 heterocycles. The number of nitriles is 1. The molecule has 5 unspecified atom stereocenters. The summed E-state index contributed by atoms with van der Waals surface area (Å²) in [6.07, 6.45) is -1.26. The van der Waals surface area contributed by atoms with Crippen molar-refractivity contribution in [2.45, 2.75) is 71.4 Å². The van der Waals surface area contributed by atoms with E-state index in [4.69, 9.17) is 18.9 Å². The Hall–Kier alpha value is -2.14. The molecule has 1 aliphatic rings. The van der Waals surface area contributed by atoms with Crippen LogP contribution in [0.15, 0.2) is 0 Å². The van der Waals surface area contributed by atoms with Gasteiger partial charge in [0.15, 0.2) is 5.60 Å². The lowest BCUT2D eigenvalue weighted by Crippen LogP contribution is -2.51. The van der Waals surface area contributed by atoms with Crippen LogP contribution in [0, 0.1) is 17.2 Å². The van der Waals surface area contributed by atoms with E-state index in [9.17, 15) is 19.6 Å². The van der Waals surface area contributed by atoms with Gasteiger partial charge in [0, 0.05) is 39.5 Å². The normalized spacial score (nSPS) is 29.8. The highest BCUT2D eigenvalue weighted by molar-refractivity contribution is 5.67. The molecular formula is C17H25NO7. The highest BCUT2D eigenvalue weighted by Crippen LogP contribution is 2.36. The summed E-state index contributed by atoms with van der Waals surface area (Å²) in [4.78, 5) is 33.6. The maximum Gasteiger partial charge on any atom is 0.303 e. The second-order valence-corrected chi connectivity index (χ2v) is 6.48. The number of esters is 3. The van der Waals surface area contributed by atoms with E-state index in [-0.39, 0.29) is 25.4 Å². The van der Waals surface area contributed by atoms with Gasteiger partial charge in [-0.15, -0.1) is 0 Å².